The van der Waals surface area contributed by atoms with Crippen molar-refractivity contribution in [3.63, 3.8) is 0 Å². The van der Waals surface area contributed by atoms with Crippen LogP contribution in [0.15, 0.2) is 23.1 Å². The molecule has 0 aliphatic carbocycles. The molecule has 0 aromatic heterocycles. The van der Waals surface area contributed by atoms with Crippen LogP contribution in [0.5, 0.6) is 0 Å². The molecule has 0 bridgehead atoms. The molecule has 0 fully saturated rings. The predicted molar refractivity (Wildman–Crippen MR) is 83.6 cm³/mol. The van der Waals surface area contributed by atoms with E-state index in [-0.39, 0.29) is 10.8 Å². The molecule has 0 atom stereocenters. The molecule has 0 saturated carbocycles. The highest BCUT2D eigenvalue weighted by atomic mass is 32.2. The number of thioether (sulfide) groups is 1. The molecule has 0 radical (unpaired) electrons. The fourth-order valence-electron chi connectivity index (χ4n) is 2.41. The van der Waals surface area contributed by atoms with Gasteiger partial charge in [0.05, 0.1) is 0 Å². The van der Waals surface area contributed by atoms with Gasteiger partial charge < -0.3 is 0 Å². The number of hydrogen-bond acceptors (Lipinski definition) is 1. The third-order valence-electron chi connectivity index (χ3n) is 3.40. The number of benzene rings is 1. The lowest BCUT2D eigenvalue weighted by Gasteiger charge is -2.31. The first-order valence-corrected chi connectivity index (χ1v) is 7.66. The Morgan fingerprint density at radius 2 is 1.44 bits per heavy atom. The summed E-state index contributed by atoms with van der Waals surface area (Å²) in [5, 5.41) is 0. The standard InChI is InChI=1S/C17H24S/c1-16(2,3)13-10-12-8-7-9-18-15(12)11-14(13)17(4,5)6/h7-8,10-11H,9H2,1-6H3. The van der Waals surface area contributed by atoms with E-state index >= 15 is 0 Å². The normalized spacial score (nSPS) is 15.7. The van der Waals surface area contributed by atoms with Gasteiger partial charge in [-0.25, -0.2) is 0 Å². The average molecular weight is 260 g/mol. The van der Waals surface area contributed by atoms with Crippen LogP contribution in [-0.2, 0) is 10.8 Å². The highest BCUT2D eigenvalue weighted by molar-refractivity contribution is 7.99. The molecular weight excluding hydrogens is 236 g/mol. The molecular formula is C17H24S. The summed E-state index contributed by atoms with van der Waals surface area (Å²) in [4.78, 5) is 1.44. The van der Waals surface area contributed by atoms with Crippen molar-refractivity contribution in [1.29, 1.82) is 0 Å². The number of rotatable bonds is 0. The molecule has 0 saturated heterocycles. The Bertz CT molecular complexity index is 482. The van der Waals surface area contributed by atoms with Crippen molar-refractivity contribution in [2.75, 3.05) is 5.75 Å². The second kappa shape index (κ2) is 4.45. The molecule has 98 valence electrons. The van der Waals surface area contributed by atoms with Crippen LogP contribution in [0, 0.1) is 0 Å². The average Bonchev–Trinajstić information content (AvgIpc) is 2.25. The molecule has 1 aromatic carbocycles. The van der Waals surface area contributed by atoms with Crippen molar-refractivity contribution in [1.82, 2.24) is 0 Å². The van der Waals surface area contributed by atoms with E-state index in [2.05, 4.69) is 65.8 Å². The van der Waals surface area contributed by atoms with Gasteiger partial charge >= 0.3 is 0 Å². The molecule has 1 aromatic rings. The van der Waals surface area contributed by atoms with Gasteiger partial charge in [0.15, 0.2) is 0 Å². The van der Waals surface area contributed by atoms with Crippen LogP contribution in [0.25, 0.3) is 6.08 Å². The van der Waals surface area contributed by atoms with Gasteiger partial charge in [-0.15, -0.1) is 11.8 Å². The molecule has 0 unspecified atom stereocenters. The van der Waals surface area contributed by atoms with E-state index in [0.717, 1.165) is 5.75 Å². The zero-order valence-corrected chi connectivity index (χ0v) is 13.2. The monoisotopic (exact) mass is 260 g/mol. The van der Waals surface area contributed by atoms with Crippen LogP contribution in [-0.4, -0.2) is 5.75 Å². The first-order chi connectivity index (χ1) is 8.19. The maximum Gasteiger partial charge on any atom is 0.0164 e. The quantitative estimate of drug-likeness (QED) is 0.602. The van der Waals surface area contributed by atoms with Crippen LogP contribution in [0.2, 0.25) is 0 Å². The molecule has 1 heterocycles. The van der Waals surface area contributed by atoms with Crippen LogP contribution in [0.1, 0.15) is 58.2 Å². The summed E-state index contributed by atoms with van der Waals surface area (Å²) in [5.74, 6) is 1.10. The molecule has 0 N–H and O–H groups in total. The van der Waals surface area contributed by atoms with Gasteiger partial charge in [0.2, 0.25) is 0 Å². The summed E-state index contributed by atoms with van der Waals surface area (Å²) < 4.78 is 0. The maximum atomic E-state index is 2.42. The van der Waals surface area contributed by atoms with E-state index in [1.165, 1.54) is 21.6 Å². The lowest BCUT2D eigenvalue weighted by Crippen LogP contribution is -2.22. The van der Waals surface area contributed by atoms with Crippen LogP contribution in [0.3, 0.4) is 0 Å². The number of fused-ring (bicyclic) bond motifs is 1. The third kappa shape index (κ3) is 2.66. The van der Waals surface area contributed by atoms with Gasteiger partial charge in [-0.1, -0.05) is 53.7 Å². The van der Waals surface area contributed by atoms with Gasteiger partial charge in [-0.05, 0) is 39.7 Å². The Morgan fingerprint density at radius 1 is 0.889 bits per heavy atom. The highest BCUT2D eigenvalue weighted by Crippen LogP contribution is 2.39. The van der Waals surface area contributed by atoms with E-state index in [1.807, 2.05) is 11.8 Å². The largest absolute Gasteiger partial charge is 0.121 e. The molecule has 1 heteroatoms. The van der Waals surface area contributed by atoms with E-state index in [9.17, 15) is 0 Å². The zero-order valence-electron chi connectivity index (χ0n) is 12.4. The van der Waals surface area contributed by atoms with Gasteiger partial charge in [0, 0.05) is 10.6 Å². The van der Waals surface area contributed by atoms with Gasteiger partial charge in [-0.3, -0.25) is 0 Å². The Hall–Kier alpha value is -0.690. The fourth-order valence-corrected chi connectivity index (χ4v) is 3.27. The SMILES string of the molecule is CC(C)(C)c1cc2c(cc1C(C)(C)C)SCC=C2. The van der Waals surface area contributed by atoms with Crippen LogP contribution < -0.4 is 0 Å². The lowest BCUT2D eigenvalue weighted by atomic mass is 9.74. The van der Waals surface area contributed by atoms with E-state index in [1.54, 1.807) is 0 Å². The lowest BCUT2D eigenvalue weighted by molar-refractivity contribution is 0.528. The van der Waals surface area contributed by atoms with Crippen molar-refractivity contribution in [3.05, 3.63) is 34.9 Å². The van der Waals surface area contributed by atoms with Crippen molar-refractivity contribution >= 4 is 17.8 Å². The molecule has 18 heavy (non-hydrogen) atoms. The van der Waals surface area contributed by atoms with E-state index < -0.39 is 0 Å². The van der Waals surface area contributed by atoms with Crippen molar-refractivity contribution in [2.45, 2.75) is 57.3 Å². The fraction of sp³-hybridized carbons (Fsp3) is 0.529. The summed E-state index contributed by atoms with van der Waals surface area (Å²) in [5.41, 5.74) is 4.79. The molecule has 0 spiro atoms. The molecule has 0 nitrogen and oxygen atoms in total. The first-order valence-electron chi connectivity index (χ1n) is 6.68. The molecule has 2 rings (SSSR count). The zero-order chi connectivity index (χ0) is 13.6. The minimum atomic E-state index is 0.202. The van der Waals surface area contributed by atoms with Crippen molar-refractivity contribution in [2.24, 2.45) is 0 Å². The number of hydrogen-bond donors (Lipinski definition) is 0. The maximum absolute atomic E-state index is 2.42. The molecule has 1 aliphatic heterocycles. The highest BCUT2D eigenvalue weighted by Gasteiger charge is 2.26. The van der Waals surface area contributed by atoms with Gasteiger partial charge in [0.25, 0.3) is 0 Å². The third-order valence-corrected chi connectivity index (χ3v) is 4.42. The van der Waals surface area contributed by atoms with Gasteiger partial charge in [0.1, 0.15) is 0 Å². The molecule has 0 amide bonds. The summed E-state index contributed by atoms with van der Waals surface area (Å²) in [6.07, 6.45) is 4.53. The Balaban J connectivity index is 2.67. The smallest absolute Gasteiger partial charge is 0.0164 e. The Labute approximate surface area is 116 Å². The second-order valence-corrected chi connectivity index (χ2v) is 8.21. The van der Waals surface area contributed by atoms with Crippen LogP contribution in [0.4, 0.5) is 0 Å². The summed E-state index contributed by atoms with van der Waals surface area (Å²) in [6, 6.07) is 4.82. The topological polar surface area (TPSA) is 0 Å². The Morgan fingerprint density at radius 3 is 2.00 bits per heavy atom. The van der Waals surface area contributed by atoms with Crippen LogP contribution >= 0.6 is 11.8 Å². The van der Waals surface area contributed by atoms with Crippen molar-refractivity contribution in [3.8, 4) is 0 Å². The minimum absolute atomic E-state index is 0.202. The van der Waals surface area contributed by atoms with E-state index in [4.69, 9.17) is 0 Å². The van der Waals surface area contributed by atoms with Crippen molar-refractivity contribution < 1.29 is 0 Å². The second-order valence-electron chi connectivity index (χ2n) is 7.15. The summed E-state index contributed by atoms with van der Waals surface area (Å²) >= 11 is 1.95. The minimum Gasteiger partial charge on any atom is -0.121 e. The van der Waals surface area contributed by atoms with Gasteiger partial charge in [-0.2, -0.15) is 0 Å². The molecule has 1 aliphatic rings. The first kappa shape index (κ1) is 13.7. The van der Waals surface area contributed by atoms with E-state index in [0.29, 0.717) is 0 Å². The summed E-state index contributed by atoms with van der Waals surface area (Å²) in [6.45, 7) is 13.9. The Kier molecular flexibility index (Phi) is 3.40. The predicted octanol–water partition coefficient (Wildman–Crippen LogP) is 5.40. The summed E-state index contributed by atoms with van der Waals surface area (Å²) in [7, 11) is 0.